The lowest BCUT2D eigenvalue weighted by Crippen LogP contribution is -2.32. The molecule has 0 aliphatic carbocycles. The second-order valence-electron chi connectivity index (χ2n) is 5.61. The second kappa shape index (κ2) is 6.87. The molecule has 5 nitrogen and oxygen atoms in total. The SMILES string of the molecule is N#Cc1ccc(OCC(=O)O)c(C2NCCc3c2ccc(F)c3F)c1. The topological polar surface area (TPSA) is 82.3 Å². The van der Waals surface area contributed by atoms with Crippen molar-refractivity contribution in [2.75, 3.05) is 13.2 Å². The number of nitriles is 1. The Hall–Kier alpha value is -2.98. The number of nitrogens with zero attached hydrogens (tertiary/aromatic N) is 1. The van der Waals surface area contributed by atoms with E-state index >= 15 is 0 Å². The zero-order valence-corrected chi connectivity index (χ0v) is 13.1. The first kappa shape index (κ1) is 16.9. The van der Waals surface area contributed by atoms with Gasteiger partial charge in [-0.1, -0.05) is 6.07 Å². The van der Waals surface area contributed by atoms with Gasteiger partial charge >= 0.3 is 5.97 Å². The number of fused-ring (bicyclic) bond motifs is 1. The summed E-state index contributed by atoms with van der Waals surface area (Å²) in [6.07, 6.45) is 0.332. The van der Waals surface area contributed by atoms with Gasteiger partial charge in [0.1, 0.15) is 5.75 Å². The second-order valence-corrected chi connectivity index (χ2v) is 5.61. The zero-order valence-electron chi connectivity index (χ0n) is 13.1. The molecule has 2 aromatic carbocycles. The zero-order chi connectivity index (χ0) is 18.0. The summed E-state index contributed by atoms with van der Waals surface area (Å²) in [6.45, 7) is -0.135. The minimum atomic E-state index is -1.14. The van der Waals surface area contributed by atoms with Crippen molar-refractivity contribution in [2.45, 2.75) is 12.5 Å². The van der Waals surface area contributed by atoms with E-state index in [1.807, 2.05) is 6.07 Å². The average Bonchev–Trinajstić information content (AvgIpc) is 2.62. The van der Waals surface area contributed by atoms with Crippen LogP contribution in [0, 0.1) is 23.0 Å². The minimum Gasteiger partial charge on any atom is -0.482 e. The summed E-state index contributed by atoms with van der Waals surface area (Å²) in [6, 6.07) is 8.60. The third kappa shape index (κ3) is 3.30. The Bertz CT molecular complexity index is 877. The molecule has 1 atom stereocenters. The summed E-state index contributed by atoms with van der Waals surface area (Å²) in [5.41, 5.74) is 1.68. The van der Waals surface area contributed by atoms with Crippen LogP contribution in [-0.2, 0) is 11.2 Å². The summed E-state index contributed by atoms with van der Waals surface area (Å²) < 4.78 is 32.9. The van der Waals surface area contributed by atoms with Gasteiger partial charge in [-0.05, 0) is 41.8 Å². The highest BCUT2D eigenvalue weighted by atomic mass is 19.2. The third-order valence-corrected chi connectivity index (χ3v) is 4.07. The highest BCUT2D eigenvalue weighted by molar-refractivity contribution is 5.68. The molecule has 25 heavy (non-hydrogen) atoms. The highest BCUT2D eigenvalue weighted by Gasteiger charge is 2.27. The number of aliphatic carboxylic acids is 1. The van der Waals surface area contributed by atoms with Crippen molar-refractivity contribution in [2.24, 2.45) is 0 Å². The number of rotatable bonds is 4. The first-order valence-electron chi connectivity index (χ1n) is 7.60. The molecule has 1 heterocycles. The molecule has 0 bridgehead atoms. The molecule has 0 aromatic heterocycles. The molecule has 1 aliphatic rings. The molecule has 128 valence electrons. The van der Waals surface area contributed by atoms with Gasteiger partial charge in [0.05, 0.1) is 17.7 Å². The number of benzene rings is 2. The maximum atomic E-state index is 14.1. The summed E-state index contributed by atoms with van der Waals surface area (Å²) in [7, 11) is 0. The fraction of sp³-hybridized carbons (Fsp3) is 0.222. The standard InChI is InChI=1S/C18H14F2N2O3/c19-14-3-2-12-11(17(14)20)5-6-22-18(12)13-7-10(8-21)1-4-15(13)25-9-16(23)24/h1-4,7,18,22H,5-6,9H2,(H,23,24). The summed E-state index contributed by atoms with van der Waals surface area (Å²) in [4.78, 5) is 10.8. The van der Waals surface area contributed by atoms with Gasteiger partial charge in [0.15, 0.2) is 18.2 Å². The van der Waals surface area contributed by atoms with Crippen LogP contribution in [0.25, 0.3) is 0 Å². The molecule has 0 spiro atoms. The Morgan fingerprint density at radius 3 is 2.84 bits per heavy atom. The van der Waals surface area contributed by atoms with Gasteiger partial charge in [-0.25, -0.2) is 13.6 Å². The molecular formula is C18H14F2N2O3. The highest BCUT2D eigenvalue weighted by Crippen LogP contribution is 2.36. The van der Waals surface area contributed by atoms with E-state index in [1.165, 1.54) is 18.2 Å². The maximum Gasteiger partial charge on any atom is 0.341 e. The molecule has 1 aliphatic heterocycles. The number of carbonyl (C=O) groups is 1. The number of hydrogen-bond acceptors (Lipinski definition) is 4. The molecular weight excluding hydrogens is 330 g/mol. The number of hydrogen-bond donors (Lipinski definition) is 2. The molecule has 2 N–H and O–H groups in total. The predicted molar refractivity (Wildman–Crippen MR) is 84.2 cm³/mol. The normalized spacial score (nSPS) is 16.0. The lowest BCUT2D eigenvalue weighted by atomic mass is 9.88. The van der Waals surface area contributed by atoms with Gasteiger partial charge < -0.3 is 15.2 Å². The Morgan fingerprint density at radius 1 is 1.32 bits per heavy atom. The number of carboxylic acid groups (broad SMARTS) is 1. The van der Waals surface area contributed by atoms with Crippen LogP contribution in [0.4, 0.5) is 8.78 Å². The van der Waals surface area contributed by atoms with E-state index in [0.29, 0.717) is 29.7 Å². The molecule has 0 saturated heterocycles. The van der Waals surface area contributed by atoms with Crippen molar-refractivity contribution >= 4 is 5.97 Å². The largest absolute Gasteiger partial charge is 0.482 e. The lowest BCUT2D eigenvalue weighted by Gasteiger charge is -2.29. The Kier molecular flexibility index (Phi) is 4.63. The Labute approximate surface area is 142 Å². The van der Waals surface area contributed by atoms with Gasteiger partial charge in [-0.2, -0.15) is 5.26 Å². The molecule has 0 radical (unpaired) electrons. The van der Waals surface area contributed by atoms with Crippen molar-refractivity contribution < 1.29 is 23.4 Å². The third-order valence-electron chi connectivity index (χ3n) is 4.07. The summed E-state index contributed by atoms with van der Waals surface area (Å²) >= 11 is 0. The molecule has 7 heteroatoms. The molecule has 0 amide bonds. The first-order chi connectivity index (χ1) is 12.0. The smallest absolute Gasteiger partial charge is 0.341 e. The summed E-state index contributed by atoms with van der Waals surface area (Å²) in [5.74, 6) is -2.65. The van der Waals surface area contributed by atoms with Crippen LogP contribution < -0.4 is 10.1 Å². The first-order valence-corrected chi connectivity index (χ1v) is 7.60. The van der Waals surface area contributed by atoms with Gasteiger partial charge in [0.25, 0.3) is 0 Å². The van der Waals surface area contributed by atoms with Crippen molar-refractivity contribution in [3.05, 3.63) is 64.2 Å². The molecule has 0 saturated carbocycles. The van der Waals surface area contributed by atoms with E-state index in [2.05, 4.69) is 5.32 Å². The molecule has 1 unspecified atom stereocenters. The minimum absolute atomic E-state index is 0.273. The Balaban J connectivity index is 2.09. The van der Waals surface area contributed by atoms with E-state index < -0.39 is 30.3 Å². The monoisotopic (exact) mass is 344 g/mol. The lowest BCUT2D eigenvalue weighted by molar-refractivity contribution is -0.139. The van der Waals surface area contributed by atoms with Crippen LogP contribution >= 0.6 is 0 Å². The fourth-order valence-electron chi connectivity index (χ4n) is 2.98. The Morgan fingerprint density at radius 2 is 2.12 bits per heavy atom. The van der Waals surface area contributed by atoms with Crippen LogP contribution in [-0.4, -0.2) is 24.2 Å². The van der Waals surface area contributed by atoms with Gasteiger partial charge in [-0.3, -0.25) is 0 Å². The van der Waals surface area contributed by atoms with E-state index in [9.17, 15) is 13.6 Å². The number of carboxylic acids is 1. The van der Waals surface area contributed by atoms with Gasteiger partial charge in [0, 0.05) is 12.1 Å². The van der Waals surface area contributed by atoms with Crippen LogP contribution in [0.1, 0.15) is 28.3 Å². The molecule has 2 aromatic rings. The van der Waals surface area contributed by atoms with Crippen molar-refractivity contribution in [3.8, 4) is 11.8 Å². The quantitative estimate of drug-likeness (QED) is 0.891. The fourth-order valence-corrected chi connectivity index (χ4v) is 2.98. The predicted octanol–water partition coefficient (Wildman–Crippen LogP) is 2.53. The van der Waals surface area contributed by atoms with Crippen molar-refractivity contribution in [1.82, 2.24) is 5.32 Å². The molecule has 0 fully saturated rings. The molecule has 3 rings (SSSR count). The van der Waals surface area contributed by atoms with Crippen LogP contribution in [0.15, 0.2) is 30.3 Å². The van der Waals surface area contributed by atoms with E-state index in [-0.39, 0.29) is 11.3 Å². The summed E-state index contributed by atoms with van der Waals surface area (Å²) in [5, 5.41) is 21.1. The number of halogens is 2. The number of nitrogens with one attached hydrogen (secondary N) is 1. The van der Waals surface area contributed by atoms with Gasteiger partial charge in [-0.15, -0.1) is 0 Å². The maximum absolute atomic E-state index is 14.1. The van der Waals surface area contributed by atoms with E-state index in [0.717, 1.165) is 6.07 Å². The van der Waals surface area contributed by atoms with Crippen molar-refractivity contribution in [1.29, 1.82) is 5.26 Å². The van der Waals surface area contributed by atoms with Crippen LogP contribution in [0.2, 0.25) is 0 Å². The van der Waals surface area contributed by atoms with E-state index in [4.69, 9.17) is 15.1 Å². The van der Waals surface area contributed by atoms with Gasteiger partial charge in [0.2, 0.25) is 0 Å². The number of ether oxygens (including phenoxy) is 1. The van der Waals surface area contributed by atoms with Crippen LogP contribution in [0.5, 0.6) is 5.75 Å². The van der Waals surface area contributed by atoms with Crippen molar-refractivity contribution in [3.63, 3.8) is 0 Å². The van der Waals surface area contributed by atoms with E-state index in [1.54, 1.807) is 6.07 Å². The van der Waals surface area contributed by atoms with Crippen LogP contribution in [0.3, 0.4) is 0 Å². The average molecular weight is 344 g/mol.